The van der Waals surface area contributed by atoms with Crippen LogP contribution in [0.1, 0.15) is 16.8 Å². The fraction of sp³-hybridized carbons (Fsp3) is 0.208. The number of carbonyl (C=O) groups is 3. The summed E-state index contributed by atoms with van der Waals surface area (Å²) in [5.41, 5.74) is 4.34. The Kier molecular flexibility index (Phi) is 10.0. The van der Waals surface area contributed by atoms with E-state index in [2.05, 4.69) is 41.7 Å². The van der Waals surface area contributed by atoms with Crippen molar-refractivity contribution in [1.82, 2.24) is 20.7 Å². The van der Waals surface area contributed by atoms with Gasteiger partial charge in [-0.05, 0) is 39.2 Å². The maximum atomic E-state index is 12.8. The number of nitrogens with zero attached hydrogens (tertiary/aromatic N) is 2. The highest BCUT2D eigenvalue weighted by Gasteiger charge is 2.22. The molecule has 0 unspecified atom stereocenters. The number of rotatable bonds is 12. The van der Waals surface area contributed by atoms with Crippen LogP contribution in [0.5, 0.6) is 11.5 Å². The number of carboxylic acid groups (broad SMARTS) is 1. The van der Waals surface area contributed by atoms with E-state index in [4.69, 9.17) is 19.3 Å². The van der Waals surface area contributed by atoms with Gasteiger partial charge < -0.3 is 29.6 Å². The molecular formula is C24H24BrN5O7. The Balaban J connectivity index is 1.64. The average Bonchev–Trinajstić information content (AvgIpc) is 3.39. The summed E-state index contributed by atoms with van der Waals surface area (Å²) in [6.07, 6.45) is 3.71. The Morgan fingerprint density at radius 3 is 2.70 bits per heavy atom. The maximum Gasteiger partial charge on any atom is 0.408 e. The van der Waals surface area contributed by atoms with Gasteiger partial charge in [0.2, 0.25) is 0 Å². The summed E-state index contributed by atoms with van der Waals surface area (Å²) >= 11 is 3.31. The molecule has 37 heavy (non-hydrogen) atoms. The average molecular weight is 574 g/mol. The lowest BCUT2D eigenvalue weighted by Crippen LogP contribution is -2.47. The SMILES string of the molecule is COc1cc(/C=N\NC(=O)[C@H](Cc2cnc[nH]2)NC(=O)OCc2ccccc2)cc(Br)c1OCC(=O)O. The number of halogens is 1. The molecular weight excluding hydrogens is 550 g/mol. The number of hydrogen-bond acceptors (Lipinski definition) is 8. The lowest BCUT2D eigenvalue weighted by molar-refractivity contribution is -0.139. The van der Waals surface area contributed by atoms with Crippen molar-refractivity contribution < 1.29 is 33.7 Å². The highest BCUT2D eigenvalue weighted by molar-refractivity contribution is 9.10. The summed E-state index contributed by atoms with van der Waals surface area (Å²) in [6.45, 7) is -0.497. The lowest BCUT2D eigenvalue weighted by Gasteiger charge is -2.16. The third kappa shape index (κ3) is 8.65. The number of H-pyrrole nitrogens is 1. The molecule has 194 valence electrons. The molecule has 0 fully saturated rings. The minimum atomic E-state index is -1.13. The fourth-order valence-electron chi connectivity index (χ4n) is 3.07. The predicted octanol–water partition coefficient (Wildman–Crippen LogP) is 2.63. The molecule has 2 amide bonds. The van der Waals surface area contributed by atoms with Gasteiger partial charge in [-0.25, -0.2) is 20.0 Å². The highest BCUT2D eigenvalue weighted by Crippen LogP contribution is 2.36. The molecule has 0 saturated heterocycles. The molecule has 0 bridgehead atoms. The summed E-state index contributed by atoms with van der Waals surface area (Å²) < 4.78 is 16.1. The van der Waals surface area contributed by atoms with Crippen molar-refractivity contribution in [3.63, 3.8) is 0 Å². The van der Waals surface area contributed by atoms with E-state index in [1.807, 2.05) is 30.3 Å². The van der Waals surface area contributed by atoms with Crippen LogP contribution in [0.25, 0.3) is 0 Å². The second-order valence-corrected chi connectivity index (χ2v) is 8.34. The standard InChI is InChI=1S/C24H24BrN5O7/c1-35-20-8-16(7-18(25)22(20)36-13-21(31)32)10-28-30-23(33)19(9-17-11-26-14-27-17)29-24(34)37-12-15-5-3-2-4-6-15/h2-8,10-11,14,19H,9,12-13H2,1H3,(H,26,27)(H,29,34)(H,30,33)(H,31,32)/b28-10-/t19-/m0/s1. The molecule has 2 aromatic carbocycles. The van der Waals surface area contributed by atoms with Crippen LogP contribution in [-0.4, -0.2) is 59.0 Å². The van der Waals surface area contributed by atoms with Crippen molar-refractivity contribution in [2.24, 2.45) is 5.10 Å². The van der Waals surface area contributed by atoms with Crippen LogP contribution in [0.4, 0.5) is 4.79 Å². The second kappa shape index (κ2) is 13.6. The van der Waals surface area contributed by atoms with Crippen molar-refractivity contribution in [1.29, 1.82) is 0 Å². The first kappa shape index (κ1) is 27.2. The molecule has 0 aliphatic rings. The Hall–Kier alpha value is -4.39. The third-order valence-electron chi connectivity index (χ3n) is 4.78. The summed E-state index contributed by atoms with van der Waals surface area (Å²) in [4.78, 5) is 42.8. The summed E-state index contributed by atoms with van der Waals surface area (Å²) in [6, 6.07) is 11.3. The van der Waals surface area contributed by atoms with Gasteiger partial charge in [0, 0.05) is 18.3 Å². The first-order chi connectivity index (χ1) is 17.9. The molecule has 1 atom stereocenters. The molecule has 1 aromatic heterocycles. The number of carboxylic acids is 1. The molecule has 12 nitrogen and oxygen atoms in total. The number of nitrogens with one attached hydrogen (secondary N) is 3. The Morgan fingerprint density at radius 1 is 1.24 bits per heavy atom. The number of alkyl carbamates (subject to hydrolysis) is 1. The van der Waals surface area contributed by atoms with Gasteiger partial charge in [-0.2, -0.15) is 5.10 Å². The molecule has 3 rings (SSSR count). The maximum absolute atomic E-state index is 12.8. The zero-order chi connectivity index (χ0) is 26.6. The van der Waals surface area contributed by atoms with Gasteiger partial charge in [0.15, 0.2) is 18.1 Å². The molecule has 0 aliphatic heterocycles. The predicted molar refractivity (Wildman–Crippen MR) is 135 cm³/mol. The van der Waals surface area contributed by atoms with Crippen LogP contribution in [0, 0.1) is 0 Å². The van der Waals surface area contributed by atoms with Gasteiger partial charge in [0.25, 0.3) is 5.91 Å². The number of carbonyl (C=O) groups excluding carboxylic acids is 2. The minimum Gasteiger partial charge on any atom is -0.493 e. The minimum absolute atomic E-state index is 0.0477. The molecule has 3 aromatic rings. The Morgan fingerprint density at radius 2 is 2.03 bits per heavy atom. The van der Waals surface area contributed by atoms with E-state index in [0.29, 0.717) is 15.7 Å². The van der Waals surface area contributed by atoms with Gasteiger partial charge >= 0.3 is 12.1 Å². The summed E-state index contributed by atoms with van der Waals surface area (Å²) in [5.74, 6) is -1.24. The third-order valence-corrected chi connectivity index (χ3v) is 5.37. The van der Waals surface area contributed by atoms with Gasteiger partial charge in [-0.15, -0.1) is 0 Å². The molecule has 0 saturated carbocycles. The molecule has 1 heterocycles. The molecule has 0 aliphatic carbocycles. The summed E-state index contributed by atoms with van der Waals surface area (Å²) in [5, 5.41) is 15.3. The van der Waals surface area contributed by atoms with E-state index in [-0.39, 0.29) is 24.5 Å². The van der Waals surface area contributed by atoms with Crippen molar-refractivity contribution >= 4 is 40.1 Å². The summed E-state index contributed by atoms with van der Waals surface area (Å²) in [7, 11) is 1.40. The second-order valence-electron chi connectivity index (χ2n) is 7.49. The van der Waals surface area contributed by atoms with Crippen LogP contribution in [0.15, 0.2) is 64.6 Å². The van der Waals surface area contributed by atoms with E-state index < -0.39 is 30.6 Å². The lowest BCUT2D eigenvalue weighted by atomic mass is 10.1. The number of imidazole rings is 1. The van der Waals surface area contributed by atoms with Gasteiger partial charge in [0.05, 0.1) is 24.1 Å². The molecule has 4 N–H and O–H groups in total. The highest BCUT2D eigenvalue weighted by atomic mass is 79.9. The van der Waals surface area contributed by atoms with E-state index in [1.165, 1.54) is 25.8 Å². The molecule has 13 heteroatoms. The van der Waals surface area contributed by atoms with Gasteiger partial charge in [-0.3, -0.25) is 4.79 Å². The van der Waals surface area contributed by atoms with E-state index in [0.717, 1.165) is 5.56 Å². The normalized spacial score (nSPS) is 11.5. The number of aliphatic carboxylic acids is 1. The van der Waals surface area contributed by atoms with Crippen molar-refractivity contribution in [2.45, 2.75) is 19.1 Å². The number of methoxy groups -OCH3 is 1. The number of benzene rings is 2. The topological polar surface area (TPSA) is 164 Å². The van der Waals surface area contributed by atoms with E-state index in [1.54, 1.807) is 12.1 Å². The zero-order valence-electron chi connectivity index (χ0n) is 19.6. The van der Waals surface area contributed by atoms with Gasteiger partial charge in [0.1, 0.15) is 12.6 Å². The van der Waals surface area contributed by atoms with Crippen molar-refractivity contribution in [3.8, 4) is 11.5 Å². The van der Waals surface area contributed by atoms with E-state index in [9.17, 15) is 14.4 Å². The monoisotopic (exact) mass is 573 g/mol. The van der Waals surface area contributed by atoms with Crippen LogP contribution in [0.3, 0.4) is 0 Å². The van der Waals surface area contributed by atoms with Crippen molar-refractivity contribution in [2.75, 3.05) is 13.7 Å². The largest absolute Gasteiger partial charge is 0.493 e. The first-order valence-corrected chi connectivity index (χ1v) is 11.6. The fourth-order valence-corrected chi connectivity index (χ4v) is 3.64. The molecule has 0 radical (unpaired) electrons. The number of hydrazone groups is 1. The quantitative estimate of drug-likeness (QED) is 0.189. The number of amides is 2. The molecule has 0 spiro atoms. The van der Waals surface area contributed by atoms with Crippen molar-refractivity contribution in [3.05, 3.63) is 76.3 Å². The van der Waals surface area contributed by atoms with Crippen LogP contribution >= 0.6 is 15.9 Å². The smallest absolute Gasteiger partial charge is 0.408 e. The van der Waals surface area contributed by atoms with Crippen LogP contribution < -0.4 is 20.2 Å². The number of ether oxygens (including phenoxy) is 3. The number of aromatic amines is 1. The first-order valence-electron chi connectivity index (χ1n) is 10.8. The Bertz CT molecular complexity index is 1240. The Labute approximate surface area is 220 Å². The van der Waals surface area contributed by atoms with Gasteiger partial charge in [-0.1, -0.05) is 30.3 Å². The van der Waals surface area contributed by atoms with E-state index >= 15 is 0 Å². The van der Waals surface area contributed by atoms with Crippen LogP contribution in [0.2, 0.25) is 0 Å². The zero-order valence-corrected chi connectivity index (χ0v) is 21.2. The number of hydrogen-bond donors (Lipinski definition) is 4. The number of aromatic nitrogens is 2. The van der Waals surface area contributed by atoms with Crippen LogP contribution in [-0.2, 0) is 27.4 Å².